The van der Waals surface area contributed by atoms with Crippen molar-refractivity contribution in [1.29, 1.82) is 0 Å². The number of aromatic amines is 1. The van der Waals surface area contributed by atoms with E-state index in [0.29, 0.717) is 11.3 Å². The zero-order chi connectivity index (χ0) is 20.5. The van der Waals surface area contributed by atoms with Crippen LogP contribution in [0.15, 0.2) is 84.9 Å². The van der Waals surface area contributed by atoms with E-state index in [1.807, 2.05) is 30.3 Å². The van der Waals surface area contributed by atoms with Crippen molar-refractivity contribution in [3.8, 4) is 11.3 Å². The lowest BCUT2D eigenvalue weighted by atomic mass is 10.0. The van der Waals surface area contributed by atoms with E-state index in [1.54, 1.807) is 24.3 Å². The van der Waals surface area contributed by atoms with Crippen molar-refractivity contribution in [2.45, 2.75) is 6.61 Å². The van der Waals surface area contributed by atoms with Crippen molar-refractivity contribution in [3.63, 3.8) is 0 Å². The summed E-state index contributed by atoms with van der Waals surface area (Å²) in [5.41, 5.74) is 4.77. The molecular weight excluding hydrogens is 374 g/mol. The summed E-state index contributed by atoms with van der Waals surface area (Å²) in [4.78, 5) is 12.6. The molecule has 0 aliphatic carbocycles. The molecule has 0 fully saturated rings. The van der Waals surface area contributed by atoms with Crippen LogP contribution in [0.3, 0.4) is 0 Å². The van der Waals surface area contributed by atoms with Gasteiger partial charge in [0.1, 0.15) is 0 Å². The number of fused-ring (bicyclic) bond motifs is 2. The predicted octanol–water partition coefficient (Wildman–Crippen LogP) is 5.13. The molecule has 0 saturated heterocycles. The van der Waals surface area contributed by atoms with Crippen molar-refractivity contribution in [2.75, 3.05) is 5.32 Å². The fourth-order valence-electron chi connectivity index (χ4n) is 3.61. The van der Waals surface area contributed by atoms with Crippen molar-refractivity contribution in [3.05, 3.63) is 96.1 Å². The van der Waals surface area contributed by atoms with Crippen LogP contribution in [-0.2, 0) is 6.61 Å². The van der Waals surface area contributed by atoms with Crippen LogP contribution in [0.2, 0.25) is 0 Å². The van der Waals surface area contributed by atoms with Gasteiger partial charge in [-0.25, -0.2) is 0 Å². The molecule has 4 aromatic carbocycles. The average Bonchev–Trinajstić information content (AvgIpc) is 3.22. The molecular formula is C25H19N3O2. The summed E-state index contributed by atoms with van der Waals surface area (Å²) in [5, 5.41) is 23.0. The second-order valence-electron chi connectivity index (χ2n) is 7.20. The number of amides is 1. The molecule has 5 aromatic rings. The van der Waals surface area contributed by atoms with Crippen LogP contribution >= 0.6 is 0 Å². The van der Waals surface area contributed by atoms with Crippen LogP contribution in [0.25, 0.3) is 32.9 Å². The molecule has 5 nitrogen and oxygen atoms in total. The van der Waals surface area contributed by atoms with Crippen LogP contribution < -0.4 is 5.32 Å². The van der Waals surface area contributed by atoms with E-state index in [1.165, 1.54) is 5.39 Å². The number of aromatic nitrogens is 2. The Labute approximate surface area is 173 Å². The van der Waals surface area contributed by atoms with Crippen molar-refractivity contribution >= 4 is 33.3 Å². The molecule has 0 radical (unpaired) electrons. The highest BCUT2D eigenvalue weighted by atomic mass is 16.3. The molecule has 30 heavy (non-hydrogen) atoms. The van der Waals surface area contributed by atoms with E-state index >= 15 is 0 Å². The van der Waals surface area contributed by atoms with E-state index in [-0.39, 0.29) is 12.5 Å². The quantitative estimate of drug-likeness (QED) is 0.396. The second kappa shape index (κ2) is 7.46. The lowest BCUT2D eigenvalue weighted by Crippen LogP contribution is -2.11. The standard InChI is InChI=1S/C25H19N3O2/c29-15-16-5-7-18(8-6-16)25(30)26-21-11-12-23-22(14-21)24(28-27-23)20-10-9-17-3-1-2-4-19(17)13-20/h1-14,29H,15H2,(H,26,30)(H,27,28). The number of hydrogen-bond acceptors (Lipinski definition) is 3. The molecule has 0 unspecified atom stereocenters. The van der Waals surface area contributed by atoms with Gasteiger partial charge in [0.15, 0.2) is 0 Å². The average molecular weight is 393 g/mol. The first-order valence-corrected chi connectivity index (χ1v) is 9.70. The maximum Gasteiger partial charge on any atom is 0.255 e. The van der Waals surface area contributed by atoms with Gasteiger partial charge in [-0.2, -0.15) is 5.10 Å². The molecule has 5 heteroatoms. The zero-order valence-electron chi connectivity index (χ0n) is 16.1. The number of nitrogens with zero attached hydrogens (tertiary/aromatic N) is 1. The normalized spacial score (nSPS) is 11.1. The summed E-state index contributed by atoms with van der Waals surface area (Å²) >= 11 is 0. The van der Waals surface area contributed by atoms with Crippen LogP contribution in [0.1, 0.15) is 15.9 Å². The van der Waals surface area contributed by atoms with E-state index < -0.39 is 0 Å². The minimum atomic E-state index is -0.199. The Morgan fingerprint density at radius 2 is 1.70 bits per heavy atom. The van der Waals surface area contributed by atoms with E-state index in [2.05, 4.69) is 45.8 Å². The Hall–Kier alpha value is -3.96. The van der Waals surface area contributed by atoms with Crippen molar-refractivity contribution < 1.29 is 9.90 Å². The molecule has 0 bridgehead atoms. The molecule has 0 saturated carbocycles. The number of aliphatic hydroxyl groups is 1. The molecule has 1 aromatic heterocycles. The summed E-state index contributed by atoms with van der Waals surface area (Å²) < 4.78 is 0. The smallest absolute Gasteiger partial charge is 0.255 e. The third kappa shape index (κ3) is 3.32. The third-order valence-corrected chi connectivity index (χ3v) is 5.24. The Morgan fingerprint density at radius 1 is 0.900 bits per heavy atom. The Balaban J connectivity index is 1.48. The van der Waals surface area contributed by atoms with E-state index in [4.69, 9.17) is 5.11 Å². The first-order valence-electron chi connectivity index (χ1n) is 9.70. The maximum atomic E-state index is 12.6. The van der Waals surface area contributed by atoms with Crippen LogP contribution in [0, 0.1) is 0 Å². The van der Waals surface area contributed by atoms with Crippen LogP contribution in [0.4, 0.5) is 5.69 Å². The number of carbonyl (C=O) groups is 1. The van der Waals surface area contributed by atoms with Gasteiger partial charge >= 0.3 is 0 Å². The van der Waals surface area contributed by atoms with Gasteiger partial charge in [-0.15, -0.1) is 0 Å². The molecule has 1 amide bonds. The van der Waals surface area contributed by atoms with Gasteiger partial charge < -0.3 is 10.4 Å². The van der Waals surface area contributed by atoms with Gasteiger partial charge in [-0.1, -0.05) is 48.5 Å². The van der Waals surface area contributed by atoms with Gasteiger partial charge in [-0.05, 0) is 52.7 Å². The number of anilines is 1. The molecule has 5 rings (SSSR count). The van der Waals surface area contributed by atoms with Gasteiger partial charge in [0, 0.05) is 22.2 Å². The number of nitrogens with one attached hydrogen (secondary N) is 2. The fourth-order valence-corrected chi connectivity index (χ4v) is 3.61. The molecule has 0 spiro atoms. The summed E-state index contributed by atoms with van der Waals surface area (Å²) in [5.74, 6) is -0.199. The second-order valence-corrected chi connectivity index (χ2v) is 7.20. The summed E-state index contributed by atoms with van der Waals surface area (Å²) in [6, 6.07) is 27.1. The van der Waals surface area contributed by atoms with Gasteiger partial charge in [0.05, 0.1) is 17.8 Å². The van der Waals surface area contributed by atoms with Crippen LogP contribution in [-0.4, -0.2) is 21.2 Å². The highest BCUT2D eigenvalue weighted by molar-refractivity contribution is 6.06. The van der Waals surface area contributed by atoms with Gasteiger partial charge in [-0.3, -0.25) is 9.89 Å². The first kappa shape index (κ1) is 18.1. The number of benzene rings is 4. The van der Waals surface area contributed by atoms with E-state index in [0.717, 1.165) is 33.1 Å². The molecule has 1 heterocycles. The number of carbonyl (C=O) groups excluding carboxylic acids is 1. The fraction of sp³-hybridized carbons (Fsp3) is 0.0400. The van der Waals surface area contributed by atoms with Crippen LogP contribution in [0.5, 0.6) is 0 Å². The Morgan fingerprint density at radius 3 is 2.50 bits per heavy atom. The van der Waals surface area contributed by atoms with E-state index in [9.17, 15) is 4.79 Å². The predicted molar refractivity (Wildman–Crippen MR) is 119 cm³/mol. The molecule has 146 valence electrons. The number of H-pyrrole nitrogens is 1. The molecule has 3 N–H and O–H groups in total. The maximum absolute atomic E-state index is 12.6. The lowest BCUT2D eigenvalue weighted by Gasteiger charge is -2.07. The number of hydrogen-bond donors (Lipinski definition) is 3. The number of rotatable bonds is 4. The lowest BCUT2D eigenvalue weighted by molar-refractivity contribution is 0.102. The SMILES string of the molecule is O=C(Nc1ccc2[nH]nc(-c3ccc4ccccc4c3)c2c1)c1ccc(CO)cc1. The zero-order valence-corrected chi connectivity index (χ0v) is 16.1. The van der Waals surface area contributed by atoms with Gasteiger partial charge in [0.2, 0.25) is 0 Å². The minimum absolute atomic E-state index is 0.0450. The summed E-state index contributed by atoms with van der Waals surface area (Å²) in [6.45, 7) is -0.0450. The third-order valence-electron chi connectivity index (χ3n) is 5.24. The summed E-state index contributed by atoms with van der Waals surface area (Å²) in [7, 11) is 0. The van der Waals surface area contributed by atoms with Crippen molar-refractivity contribution in [1.82, 2.24) is 10.2 Å². The largest absolute Gasteiger partial charge is 0.392 e. The number of aliphatic hydroxyl groups excluding tert-OH is 1. The Bertz CT molecular complexity index is 1370. The molecule has 0 aliphatic rings. The highest BCUT2D eigenvalue weighted by Gasteiger charge is 2.12. The first-order chi connectivity index (χ1) is 14.7. The Kier molecular flexibility index (Phi) is 4.50. The molecule has 0 aliphatic heterocycles. The van der Waals surface area contributed by atoms with Crippen molar-refractivity contribution in [2.24, 2.45) is 0 Å². The minimum Gasteiger partial charge on any atom is -0.392 e. The monoisotopic (exact) mass is 393 g/mol. The highest BCUT2D eigenvalue weighted by Crippen LogP contribution is 2.30. The summed E-state index contributed by atoms with van der Waals surface area (Å²) in [6.07, 6.45) is 0. The van der Waals surface area contributed by atoms with Gasteiger partial charge in [0.25, 0.3) is 5.91 Å². The molecule has 0 atom stereocenters. The topological polar surface area (TPSA) is 78.0 Å².